The summed E-state index contributed by atoms with van der Waals surface area (Å²) in [6.07, 6.45) is 8.58. The van der Waals surface area contributed by atoms with Crippen LogP contribution in [0.4, 0.5) is 0 Å². The van der Waals surface area contributed by atoms with E-state index in [0.29, 0.717) is 35.7 Å². The van der Waals surface area contributed by atoms with Crippen molar-refractivity contribution in [1.29, 1.82) is 0 Å². The molecule has 6 heteroatoms. The number of fused-ring (bicyclic) bond motifs is 4. The molecule has 3 aliphatic heterocycles. The van der Waals surface area contributed by atoms with Crippen molar-refractivity contribution in [3.05, 3.63) is 29.3 Å². The standard InChI is InChI=1S/C24H34N4OS/c1-16(2)6-8-22-18-12-17(21-4-3-5-24(29)28(21)22)13-27(14-18)15-19-7-9-23(30-19)20-10-11-25-26-20/h7,9-11,16-18,21-22H,3-6,8,12-15H2,1-2H3,(H,25,26)/t17-,18+,21+,22+/m1/s1. The average Bonchev–Trinajstić information content (AvgIpc) is 3.40. The number of hydrogen-bond donors (Lipinski definition) is 1. The van der Waals surface area contributed by atoms with Crippen molar-refractivity contribution < 1.29 is 4.79 Å². The fourth-order valence-electron chi connectivity index (χ4n) is 6.10. The van der Waals surface area contributed by atoms with E-state index in [1.54, 1.807) is 0 Å². The van der Waals surface area contributed by atoms with Gasteiger partial charge in [-0.3, -0.25) is 14.8 Å². The van der Waals surface area contributed by atoms with Crippen LogP contribution in [0.25, 0.3) is 10.6 Å². The molecule has 0 spiro atoms. The zero-order chi connectivity index (χ0) is 20.7. The summed E-state index contributed by atoms with van der Waals surface area (Å²) in [6, 6.07) is 7.46. The van der Waals surface area contributed by atoms with Gasteiger partial charge in [0.15, 0.2) is 0 Å². The first-order chi connectivity index (χ1) is 14.6. The number of hydrogen-bond acceptors (Lipinski definition) is 4. The van der Waals surface area contributed by atoms with Gasteiger partial charge in [0, 0.05) is 49.2 Å². The molecule has 0 unspecified atom stereocenters. The van der Waals surface area contributed by atoms with Crippen molar-refractivity contribution in [2.45, 2.75) is 71.0 Å². The highest BCUT2D eigenvalue weighted by Crippen LogP contribution is 2.43. The van der Waals surface area contributed by atoms with Crippen molar-refractivity contribution in [2.24, 2.45) is 17.8 Å². The molecule has 0 aliphatic carbocycles. The minimum atomic E-state index is 0.436. The lowest BCUT2D eigenvalue weighted by Gasteiger charge is -2.57. The molecule has 0 radical (unpaired) electrons. The Kier molecular flexibility index (Phi) is 5.71. The minimum Gasteiger partial charge on any atom is -0.336 e. The van der Waals surface area contributed by atoms with Gasteiger partial charge in [-0.2, -0.15) is 5.10 Å². The molecular formula is C24H34N4OS. The molecule has 30 heavy (non-hydrogen) atoms. The quantitative estimate of drug-likeness (QED) is 0.723. The summed E-state index contributed by atoms with van der Waals surface area (Å²) >= 11 is 1.87. The molecule has 3 aliphatic rings. The number of aromatic nitrogens is 2. The number of carbonyl (C=O) groups is 1. The fraction of sp³-hybridized carbons (Fsp3) is 0.667. The number of nitrogens with one attached hydrogen (secondary N) is 1. The number of aromatic amines is 1. The van der Waals surface area contributed by atoms with Gasteiger partial charge in [0.25, 0.3) is 0 Å². The van der Waals surface area contributed by atoms with Crippen LogP contribution >= 0.6 is 11.3 Å². The predicted molar refractivity (Wildman–Crippen MR) is 121 cm³/mol. The van der Waals surface area contributed by atoms with Gasteiger partial charge in [-0.05, 0) is 68.1 Å². The van der Waals surface area contributed by atoms with Gasteiger partial charge in [-0.25, -0.2) is 0 Å². The molecule has 3 saturated heterocycles. The summed E-state index contributed by atoms with van der Waals surface area (Å²) in [7, 11) is 0. The topological polar surface area (TPSA) is 52.2 Å². The van der Waals surface area contributed by atoms with Crippen molar-refractivity contribution >= 4 is 17.2 Å². The summed E-state index contributed by atoms with van der Waals surface area (Å²) < 4.78 is 0. The molecule has 0 aromatic carbocycles. The molecule has 3 fully saturated rings. The van der Waals surface area contributed by atoms with E-state index in [2.05, 4.69) is 46.0 Å². The van der Waals surface area contributed by atoms with Crippen LogP contribution in [-0.2, 0) is 11.3 Å². The van der Waals surface area contributed by atoms with Crippen LogP contribution in [0.2, 0.25) is 0 Å². The second-order valence-corrected chi connectivity index (χ2v) is 11.2. The average molecular weight is 427 g/mol. The van der Waals surface area contributed by atoms with E-state index in [-0.39, 0.29) is 0 Å². The third kappa shape index (κ3) is 3.96. The van der Waals surface area contributed by atoms with E-state index in [1.807, 2.05) is 23.6 Å². The van der Waals surface area contributed by atoms with Gasteiger partial charge in [0.2, 0.25) is 5.91 Å². The number of piperidine rings is 3. The Labute approximate surface area is 183 Å². The highest BCUT2D eigenvalue weighted by Gasteiger charge is 2.48. The molecular weight excluding hydrogens is 392 g/mol. The highest BCUT2D eigenvalue weighted by atomic mass is 32.1. The third-order valence-electron chi connectivity index (χ3n) is 7.42. The molecule has 5 nitrogen and oxygen atoms in total. The van der Waals surface area contributed by atoms with Crippen LogP contribution in [0.5, 0.6) is 0 Å². The lowest BCUT2D eigenvalue weighted by molar-refractivity contribution is -0.153. The Morgan fingerprint density at radius 2 is 2.10 bits per heavy atom. The van der Waals surface area contributed by atoms with E-state index in [4.69, 9.17) is 0 Å². The normalized spacial score (nSPS) is 29.4. The second-order valence-electron chi connectivity index (χ2n) is 9.99. The largest absolute Gasteiger partial charge is 0.336 e. The molecule has 162 valence electrons. The van der Waals surface area contributed by atoms with Crippen LogP contribution in [-0.4, -0.2) is 51.1 Å². The number of likely N-dealkylation sites (tertiary alicyclic amines) is 1. The maximum atomic E-state index is 12.9. The lowest BCUT2D eigenvalue weighted by Crippen LogP contribution is -2.64. The van der Waals surface area contributed by atoms with Crippen molar-refractivity contribution in [3.8, 4) is 10.6 Å². The van der Waals surface area contributed by atoms with E-state index < -0.39 is 0 Å². The highest BCUT2D eigenvalue weighted by molar-refractivity contribution is 7.15. The smallest absolute Gasteiger partial charge is 0.223 e. The van der Waals surface area contributed by atoms with Gasteiger partial charge in [-0.15, -0.1) is 11.3 Å². The maximum Gasteiger partial charge on any atom is 0.223 e. The lowest BCUT2D eigenvalue weighted by atomic mass is 9.71. The Morgan fingerprint density at radius 3 is 2.90 bits per heavy atom. The number of carbonyl (C=O) groups excluding carboxylic acids is 1. The molecule has 5 rings (SSSR count). The molecule has 2 aromatic heterocycles. The molecule has 0 saturated carbocycles. The number of nitrogens with zero attached hydrogens (tertiary/aromatic N) is 3. The first-order valence-electron chi connectivity index (χ1n) is 11.7. The summed E-state index contributed by atoms with van der Waals surface area (Å²) in [5.41, 5.74) is 1.10. The summed E-state index contributed by atoms with van der Waals surface area (Å²) in [5.74, 6) is 2.42. The van der Waals surface area contributed by atoms with Gasteiger partial charge in [0.05, 0.1) is 10.6 Å². The Bertz CT molecular complexity index is 860. The minimum absolute atomic E-state index is 0.436. The number of thiophene rings is 1. The molecule has 4 atom stereocenters. The third-order valence-corrected chi connectivity index (χ3v) is 8.52. The van der Waals surface area contributed by atoms with E-state index in [9.17, 15) is 4.79 Å². The first-order valence-corrected chi connectivity index (χ1v) is 12.5. The molecule has 2 bridgehead atoms. The van der Waals surface area contributed by atoms with Crippen molar-refractivity contribution in [1.82, 2.24) is 20.0 Å². The fourth-order valence-corrected chi connectivity index (χ4v) is 7.12. The Hall–Kier alpha value is -1.66. The van der Waals surface area contributed by atoms with Crippen LogP contribution in [0.1, 0.15) is 57.2 Å². The summed E-state index contributed by atoms with van der Waals surface area (Å²) in [4.78, 5) is 20.7. The Morgan fingerprint density at radius 1 is 1.23 bits per heavy atom. The summed E-state index contributed by atoms with van der Waals surface area (Å²) in [5, 5.41) is 7.16. The van der Waals surface area contributed by atoms with Crippen LogP contribution in [0.15, 0.2) is 24.4 Å². The predicted octanol–water partition coefficient (Wildman–Crippen LogP) is 4.78. The van der Waals surface area contributed by atoms with Crippen LogP contribution < -0.4 is 0 Å². The molecule has 1 N–H and O–H groups in total. The number of rotatable bonds is 6. The molecule has 1 amide bonds. The first kappa shape index (κ1) is 20.3. The van der Waals surface area contributed by atoms with E-state index in [0.717, 1.165) is 38.2 Å². The number of H-pyrrole nitrogens is 1. The zero-order valence-corrected chi connectivity index (χ0v) is 19.0. The Balaban J connectivity index is 1.32. The van der Waals surface area contributed by atoms with Gasteiger partial charge >= 0.3 is 0 Å². The van der Waals surface area contributed by atoms with E-state index in [1.165, 1.54) is 35.4 Å². The molecule has 5 heterocycles. The van der Waals surface area contributed by atoms with Crippen LogP contribution in [0.3, 0.4) is 0 Å². The zero-order valence-electron chi connectivity index (χ0n) is 18.2. The van der Waals surface area contributed by atoms with E-state index >= 15 is 0 Å². The maximum absolute atomic E-state index is 12.9. The number of amides is 1. The van der Waals surface area contributed by atoms with Gasteiger partial charge < -0.3 is 4.90 Å². The summed E-state index contributed by atoms with van der Waals surface area (Å²) in [6.45, 7) is 7.92. The van der Waals surface area contributed by atoms with Crippen molar-refractivity contribution in [3.63, 3.8) is 0 Å². The van der Waals surface area contributed by atoms with Crippen molar-refractivity contribution in [2.75, 3.05) is 13.1 Å². The second kappa shape index (κ2) is 8.46. The van der Waals surface area contributed by atoms with Gasteiger partial charge in [0.1, 0.15) is 0 Å². The SMILES string of the molecule is CC(C)CC[C@H]1[C@H]2C[C@H](CN(Cc3ccc(-c4ccn[nH]4)s3)C2)[C@@H]2CCCC(=O)N21. The van der Waals surface area contributed by atoms with Gasteiger partial charge in [-0.1, -0.05) is 13.8 Å². The monoisotopic (exact) mass is 426 g/mol. The molecule has 2 aromatic rings. The van der Waals surface area contributed by atoms with Crippen LogP contribution in [0, 0.1) is 17.8 Å².